The average molecular weight is 258 g/mol. The third kappa shape index (κ3) is 2.92. The van der Waals surface area contributed by atoms with Crippen molar-refractivity contribution in [2.45, 2.75) is 12.7 Å². The van der Waals surface area contributed by atoms with Crippen molar-refractivity contribution in [3.05, 3.63) is 23.9 Å². The smallest absolute Gasteiger partial charge is 0.388 e. The van der Waals surface area contributed by atoms with Crippen molar-refractivity contribution in [1.82, 2.24) is 9.88 Å². The fraction of sp³-hybridized carbons (Fsp3) is 0.455. The van der Waals surface area contributed by atoms with E-state index in [9.17, 15) is 13.6 Å². The van der Waals surface area contributed by atoms with E-state index in [1.54, 1.807) is 11.0 Å². The highest BCUT2D eigenvalue weighted by atomic mass is 19.3. The van der Waals surface area contributed by atoms with E-state index in [1.165, 1.54) is 12.3 Å². The average Bonchev–Trinajstić information content (AvgIpc) is 2.39. The van der Waals surface area contributed by atoms with Crippen molar-refractivity contribution in [3.63, 3.8) is 0 Å². The zero-order chi connectivity index (χ0) is 13.0. The van der Waals surface area contributed by atoms with Crippen LogP contribution in [-0.4, -0.2) is 42.7 Å². The number of halogens is 2. The number of rotatable bonds is 4. The first-order valence-corrected chi connectivity index (χ1v) is 5.40. The Morgan fingerprint density at radius 1 is 1.56 bits per heavy atom. The normalized spacial score (nSPS) is 19.9. The zero-order valence-corrected chi connectivity index (χ0v) is 9.46. The van der Waals surface area contributed by atoms with Gasteiger partial charge in [-0.2, -0.15) is 8.78 Å². The van der Waals surface area contributed by atoms with E-state index in [0.29, 0.717) is 19.8 Å². The minimum atomic E-state index is -2.90. The Balaban J connectivity index is 2.10. The molecule has 0 aromatic carbocycles. The topological polar surface area (TPSA) is 51.7 Å². The Morgan fingerprint density at radius 3 is 3.00 bits per heavy atom. The number of amides is 1. The molecule has 1 aliphatic heterocycles. The largest absolute Gasteiger partial charge is 0.417 e. The lowest BCUT2D eigenvalue weighted by Crippen LogP contribution is -2.38. The van der Waals surface area contributed by atoms with Gasteiger partial charge in [-0.25, -0.2) is 4.98 Å². The number of carbonyl (C=O) groups is 1. The Hall–Kier alpha value is -1.76. The molecule has 0 bridgehead atoms. The Bertz CT molecular complexity index is 400. The molecule has 0 N–H and O–H groups in total. The molecule has 0 radical (unpaired) electrons. The van der Waals surface area contributed by atoms with Gasteiger partial charge in [-0.05, 0) is 11.6 Å². The molecule has 1 saturated heterocycles. The number of hydrogen-bond donors (Lipinski definition) is 0. The maximum atomic E-state index is 12.0. The molecule has 1 amide bonds. The summed E-state index contributed by atoms with van der Waals surface area (Å²) in [5.41, 5.74) is 0.725. The molecule has 0 unspecified atom stereocenters. The third-order valence-corrected chi connectivity index (χ3v) is 2.66. The van der Waals surface area contributed by atoms with Crippen LogP contribution in [0.1, 0.15) is 11.6 Å². The monoisotopic (exact) mass is 258 g/mol. The second-order valence-corrected chi connectivity index (χ2v) is 3.74. The van der Waals surface area contributed by atoms with Crippen LogP contribution in [0, 0.1) is 0 Å². The van der Waals surface area contributed by atoms with E-state index in [4.69, 9.17) is 4.74 Å². The SMILES string of the molecule is O=CN1CCOC[C@@H]1c1ccc(OC(F)F)nc1. The summed E-state index contributed by atoms with van der Waals surface area (Å²) in [4.78, 5) is 16.2. The molecule has 7 heteroatoms. The first kappa shape index (κ1) is 12.7. The van der Waals surface area contributed by atoms with Crippen molar-refractivity contribution in [2.24, 2.45) is 0 Å². The molecule has 2 rings (SSSR count). The molecule has 1 aromatic heterocycles. The van der Waals surface area contributed by atoms with Gasteiger partial charge < -0.3 is 14.4 Å². The van der Waals surface area contributed by atoms with Gasteiger partial charge >= 0.3 is 6.61 Å². The van der Waals surface area contributed by atoms with Gasteiger partial charge in [-0.1, -0.05) is 0 Å². The predicted molar refractivity (Wildman–Crippen MR) is 57.2 cm³/mol. The van der Waals surface area contributed by atoms with Gasteiger partial charge in [0.1, 0.15) is 0 Å². The number of alkyl halides is 2. The molecule has 98 valence electrons. The molecule has 5 nitrogen and oxygen atoms in total. The Morgan fingerprint density at radius 2 is 2.39 bits per heavy atom. The van der Waals surface area contributed by atoms with Crippen LogP contribution in [0.4, 0.5) is 8.78 Å². The molecular weight excluding hydrogens is 246 g/mol. The minimum absolute atomic E-state index is 0.150. The van der Waals surface area contributed by atoms with Crippen LogP contribution in [0.25, 0.3) is 0 Å². The third-order valence-electron chi connectivity index (χ3n) is 2.66. The molecule has 1 fully saturated rings. The van der Waals surface area contributed by atoms with E-state index in [-0.39, 0.29) is 11.9 Å². The maximum absolute atomic E-state index is 12.0. The number of aromatic nitrogens is 1. The van der Waals surface area contributed by atoms with Crippen molar-refractivity contribution >= 4 is 6.41 Å². The van der Waals surface area contributed by atoms with Crippen LogP contribution in [0.3, 0.4) is 0 Å². The first-order valence-electron chi connectivity index (χ1n) is 5.40. The molecule has 0 spiro atoms. The van der Waals surface area contributed by atoms with Crippen LogP contribution in [0.2, 0.25) is 0 Å². The fourth-order valence-corrected chi connectivity index (χ4v) is 1.78. The standard InChI is InChI=1S/C11H12F2N2O3/c12-11(13)18-10-2-1-8(5-14-10)9-6-17-4-3-15(9)7-16/h1-2,5,7,9,11H,3-4,6H2/t9-/m1/s1. The highest BCUT2D eigenvalue weighted by Gasteiger charge is 2.23. The lowest BCUT2D eigenvalue weighted by atomic mass is 10.1. The highest BCUT2D eigenvalue weighted by Crippen LogP contribution is 2.23. The van der Waals surface area contributed by atoms with Crippen LogP contribution in [0.15, 0.2) is 18.3 Å². The second kappa shape index (κ2) is 5.72. The Labute approximate surface area is 102 Å². The molecule has 1 atom stereocenters. The maximum Gasteiger partial charge on any atom is 0.388 e. The van der Waals surface area contributed by atoms with E-state index in [2.05, 4.69) is 9.72 Å². The zero-order valence-electron chi connectivity index (χ0n) is 9.46. The molecule has 0 saturated carbocycles. The number of carbonyl (C=O) groups excluding carboxylic acids is 1. The van der Waals surface area contributed by atoms with E-state index in [1.807, 2.05) is 0 Å². The van der Waals surface area contributed by atoms with Crippen LogP contribution >= 0.6 is 0 Å². The van der Waals surface area contributed by atoms with Crippen molar-refractivity contribution < 1.29 is 23.0 Å². The lowest BCUT2D eigenvalue weighted by Gasteiger charge is -2.32. The molecular formula is C11H12F2N2O3. The summed E-state index contributed by atoms with van der Waals surface area (Å²) in [5.74, 6) is -0.150. The van der Waals surface area contributed by atoms with Gasteiger partial charge in [0.05, 0.1) is 19.3 Å². The molecule has 1 aliphatic rings. The summed E-state index contributed by atoms with van der Waals surface area (Å²) < 4.78 is 33.3. The Kier molecular flexibility index (Phi) is 4.03. The van der Waals surface area contributed by atoms with Crippen molar-refractivity contribution in [1.29, 1.82) is 0 Å². The van der Waals surface area contributed by atoms with Gasteiger partial charge in [0, 0.05) is 18.8 Å². The molecule has 1 aromatic rings. The van der Waals surface area contributed by atoms with Crippen LogP contribution in [-0.2, 0) is 9.53 Å². The fourth-order valence-electron chi connectivity index (χ4n) is 1.78. The summed E-state index contributed by atoms with van der Waals surface area (Å²) in [5, 5.41) is 0. The number of nitrogens with zero attached hydrogens (tertiary/aromatic N) is 2. The number of pyridine rings is 1. The summed E-state index contributed by atoms with van der Waals surface area (Å²) in [7, 11) is 0. The van der Waals surface area contributed by atoms with Crippen LogP contribution < -0.4 is 4.74 Å². The van der Waals surface area contributed by atoms with Gasteiger partial charge in [-0.15, -0.1) is 0 Å². The molecule has 2 heterocycles. The predicted octanol–water partition coefficient (Wildman–Crippen LogP) is 1.21. The van der Waals surface area contributed by atoms with E-state index < -0.39 is 6.61 Å². The minimum Gasteiger partial charge on any atom is -0.417 e. The van der Waals surface area contributed by atoms with Gasteiger partial charge in [0.25, 0.3) is 0 Å². The molecule has 0 aliphatic carbocycles. The first-order chi connectivity index (χ1) is 8.70. The van der Waals surface area contributed by atoms with E-state index >= 15 is 0 Å². The highest BCUT2D eigenvalue weighted by molar-refractivity contribution is 5.49. The quantitative estimate of drug-likeness (QED) is 0.762. The van der Waals surface area contributed by atoms with Gasteiger partial charge in [-0.3, -0.25) is 4.79 Å². The summed E-state index contributed by atoms with van der Waals surface area (Å²) in [6.45, 7) is -1.53. The number of morpholine rings is 1. The van der Waals surface area contributed by atoms with Gasteiger partial charge in [0.2, 0.25) is 12.3 Å². The van der Waals surface area contributed by atoms with Crippen LogP contribution in [0.5, 0.6) is 5.88 Å². The van der Waals surface area contributed by atoms with Crippen molar-refractivity contribution in [2.75, 3.05) is 19.8 Å². The second-order valence-electron chi connectivity index (χ2n) is 3.74. The van der Waals surface area contributed by atoms with E-state index in [0.717, 1.165) is 12.0 Å². The number of hydrogen-bond acceptors (Lipinski definition) is 4. The van der Waals surface area contributed by atoms with Crippen molar-refractivity contribution in [3.8, 4) is 5.88 Å². The molecule has 18 heavy (non-hydrogen) atoms. The lowest BCUT2D eigenvalue weighted by molar-refractivity contribution is -0.126. The van der Waals surface area contributed by atoms with Gasteiger partial charge in [0.15, 0.2) is 0 Å². The summed E-state index contributed by atoms with van der Waals surface area (Å²) in [6, 6.07) is 2.71. The number of ether oxygens (including phenoxy) is 2. The summed E-state index contributed by atoms with van der Waals surface area (Å²) in [6.07, 6.45) is 2.16. The summed E-state index contributed by atoms with van der Waals surface area (Å²) >= 11 is 0.